The van der Waals surface area contributed by atoms with Crippen molar-refractivity contribution in [1.82, 2.24) is 19.5 Å². The number of furan rings is 1. The average Bonchev–Trinajstić information content (AvgIpc) is 3.85. The predicted octanol–water partition coefficient (Wildman–Crippen LogP) is 15.0. The Morgan fingerprint density at radius 3 is 1.79 bits per heavy atom. The molecular weight excluding hydrogens is 757 g/mol. The number of rotatable bonds is 5. The molecule has 0 spiro atoms. The van der Waals surface area contributed by atoms with Crippen molar-refractivity contribution >= 4 is 54.5 Å². The zero-order valence-electron chi connectivity index (χ0n) is 35.3. The van der Waals surface area contributed by atoms with Crippen molar-refractivity contribution in [1.29, 1.82) is 0 Å². The number of para-hydroxylation sites is 2. The molecule has 0 amide bonds. The highest BCUT2D eigenvalue weighted by molar-refractivity contribution is 6.12. The van der Waals surface area contributed by atoms with Gasteiger partial charge in [-0.15, -0.1) is 0 Å². The summed E-state index contributed by atoms with van der Waals surface area (Å²) in [7, 11) is 0. The van der Waals surface area contributed by atoms with Gasteiger partial charge in [0.2, 0.25) is 0 Å². The summed E-state index contributed by atoms with van der Waals surface area (Å²) in [6.07, 6.45) is 2.34. The van der Waals surface area contributed by atoms with Gasteiger partial charge in [0.25, 0.3) is 0 Å². The first kappa shape index (κ1) is 36.5. The average molecular weight is 801 g/mol. The van der Waals surface area contributed by atoms with E-state index >= 15 is 0 Å². The van der Waals surface area contributed by atoms with Crippen LogP contribution >= 0.6 is 0 Å². The van der Waals surface area contributed by atoms with Crippen LogP contribution in [0.2, 0.25) is 0 Å². The third kappa shape index (κ3) is 5.72. The molecule has 12 rings (SSSR count). The molecule has 0 radical (unpaired) electrons. The summed E-state index contributed by atoms with van der Waals surface area (Å²) in [4.78, 5) is 15.8. The number of nitrogens with zero attached hydrogens (tertiary/aromatic N) is 4. The number of hydrogen-bond donors (Lipinski definition) is 0. The third-order valence-electron chi connectivity index (χ3n) is 13.5. The summed E-state index contributed by atoms with van der Waals surface area (Å²) in [5, 5.41) is 6.86. The largest absolute Gasteiger partial charge is 0.456 e. The monoisotopic (exact) mass is 800 g/mol. The van der Waals surface area contributed by atoms with Crippen LogP contribution in [0.25, 0.3) is 105 Å². The van der Waals surface area contributed by atoms with E-state index in [4.69, 9.17) is 19.4 Å². The SMILES string of the molecule is CC1(C)CCC(C)(C)c2cc3c(cc21)c1ccccc1n3-c1ccc(-c2nc(-c3cccc(-c4ccccc4)c3)nc(-c3ccc4oc5ccccc5c4c3)n2)c2ccccc12. The Hall–Kier alpha value is -7.37. The maximum atomic E-state index is 6.22. The zero-order chi connectivity index (χ0) is 41.7. The first-order valence-electron chi connectivity index (χ1n) is 21.6. The molecule has 5 nitrogen and oxygen atoms in total. The Morgan fingerprint density at radius 2 is 1.00 bits per heavy atom. The Morgan fingerprint density at radius 1 is 0.403 bits per heavy atom. The van der Waals surface area contributed by atoms with E-state index in [9.17, 15) is 0 Å². The molecule has 1 aliphatic carbocycles. The molecule has 0 N–H and O–H groups in total. The van der Waals surface area contributed by atoms with Gasteiger partial charge in [-0.1, -0.05) is 137 Å². The summed E-state index contributed by atoms with van der Waals surface area (Å²) in [5.74, 6) is 1.84. The van der Waals surface area contributed by atoms with Gasteiger partial charge in [0.1, 0.15) is 11.2 Å². The molecule has 8 aromatic carbocycles. The van der Waals surface area contributed by atoms with Gasteiger partial charge in [-0.05, 0) is 112 Å². The minimum atomic E-state index is 0.0796. The van der Waals surface area contributed by atoms with Crippen molar-refractivity contribution < 1.29 is 4.42 Å². The topological polar surface area (TPSA) is 56.7 Å². The fourth-order valence-electron chi connectivity index (χ4n) is 10.1. The van der Waals surface area contributed by atoms with Gasteiger partial charge in [-0.2, -0.15) is 0 Å². The fourth-order valence-corrected chi connectivity index (χ4v) is 10.1. The fraction of sp³-hybridized carbons (Fsp3) is 0.140. The smallest absolute Gasteiger partial charge is 0.164 e. The molecule has 62 heavy (non-hydrogen) atoms. The number of benzene rings is 8. The van der Waals surface area contributed by atoms with Crippen molar-refractivity contribution in [2.24, 2.45) is 0 Å². The Labute approximate surface area is 360 Å². The minimum Gasteiger partial charge on any atom is -0.456 e. The van der Waals surface area contributed by atoms with Crippen LogP contribution in [0.1, 0.15) is 51.7 Å². The molecule has 11 aromatic rings. The first-order valence-corrected chi connectivity index (χ1v) is 21.6. The Kier molecular flexibility index (Phi) is 7.98. The van der Waals surface area contributed by atoms with E-state index < -0.39 is 0 Å². The van der Waals surface area contributed by atoms with Crippen molar-refractivity contribution in [3.05, 3.63) is 181 Å². The zero-order valence-corrected chi connectivity index (χ0v) is 35.3. The van der Waals surface area contributed by atoms with Crippen LogP contribution in [0.4, 0.5) is 0 Å². The molecule has 0 saturated carbocycles. The molecule has 0 atom stereocenters. The molecule has 0 aliphatic heterocycles. The quantitative estimate of drug-likeness (QED) is 0.174. The van der Waals surface area contributed by atoms with Crippen LogP contribution in [0.5, 0.6) is 0 Å². The van der Waals surface area contributed by atoms with E-state index in [1.807, 2.05) is 30.3 Å². The van der Waals surface area contributed by atoms with Gasteiger partial charge in [0, 0.05) is 43.6 Å². The Bertz CT molecular complexity index is 3590. The van der Waals surface area contributed by atoms with Crippen molar-refractivity contribution in [3.8, 4) is 51.0 Å². The lowest BCUT2D eigenvalue weighted by Crippen LogP contribution is -2.33. The lowest BCUT2D eigenvalue weighted by atomic mass is 9.63. The molecule has 1 aliphatic rings. The molecule has 298 valence electrons. The summed E-state index contributed by atoms with van der Waals surface area (Å²) in [5.41, 5.74) is 13.4. The molecule has 0 fully saturated rings. The van der Waals surface area contributed by atoms with Crippen LogP contribution in [0.15, 0.2) is 174 Å². The minimum absolute atomic E-state index is 0.0796. The number of hydrogen-bond acceptors (Lipinski definition) is 4. The van der Waals surface area contributed by atoms with Gasteiger partial charge in [0.15, 0.2) is 17.5 Å². The second-order valence-electron chi connectivity index (χ2n) is 18.3. The van der Waals surface area contributed by atoms with Crippen LogP contribution in [0, 0.1) is 0 Å². The normalized spacial score (nSPS) is 14.6. The molecular formula is C57H44N4O. The van der Waals surface area contributed by atoms with Crippen LogP contribution in [-0.2, 0) is 10.8 Å². The second-order valence-corrected chi connectivity index (χ2v) is 18.3. The highest BCUT2D eigenvalue weighted by Gasteiger charge is 2.38. The van der Waals surface area contributed by atoms with E-state index in [1.54, 1.807) is 0 Å². The summed E-state index contributed by atoms with van der Waals surface area (Å²) in [6, 6.07) is 60.4. The maximum Gasteiger partial charge on any atom is 0.164 e. The molecule has 3 heterocycles. The van der Waals surface area contributed by atoms with Crippen molar-refractivity contribution in [2.75, 3.05) is 0 Å². The van der Waals surface area contributed by atoms with E-state index in [1.165, 1.54) is 39.4 Å². The van der Waals surface area contributed by atoms with Gasteiger partial charge in [-0.3, -0.25) is 0 Å². The first-order chi connectivity index (χ1) is 30.2. The second kappa shape index (κ2) is 13.6. The van der Waals surface area contributed by atoms with E-state index in [2.05, 4.69) is 172 Å². The van der Waals surface area contributed by atoms with Gasteiger partial charge in [0.05, 0.1) is 16.7 Å². The van der Waals surface area contributed by atoms with Gasteiger partial charge < -0.3 is 8.98 Å². The third-order valence-corrected chi connectivity index (χ3v) is 13.5. The predicted molar refractivity (Wildman–Crippen MR) is 256 cm³/mol. The highest BCUT2D eigenvalue weighted by Crippen LogP contribution is 2.49. The van der Waals surface area contributed by atoms with E-state index in [0.29, 0.717) is 17.5 Å². The maximum absolute atomic E-state index is 6.22. The molecule has 0 bridgehead atoms. The standard InChI is InChI=1S/C57H44N4O/c1-56(2)29-30-57(3,4)47-34-50-44(33-46(47)56)41-21-10-12-23-48(41)61(50)49-27-26-43(39-19-8-9-20-40(39)49)55-59-53(37-18-14-17-36(31-37)35-15-6-5-7-16-35)58-54(60-55)38-25-28-52-45(32-38)42-22-11-13-24-51(42)62-52/h5-28,31-34H,29-30H2,1-4H3. The number of aromatic nitrogens is 4. The van der Waals surface area contributed by atoms with Gasteiger partial charge in [-0.25, -0.2) is 15.0 Å². The molecule has 3 aromatic heterocycles. The van der Waals surface area contributed by atoms with Crippen LogP contribution in [-0.4, -0.2) is 19.5 Å². The lowest BCUT2D eigenvalue weighted by Gasteiger charge is -2.42. The van der Waals surface area contributed by atoms with Gasteiger partial charge >= 0.3 is 0 Å². The van der Waals surface area contributed by atoms with Crippen molar-refractivity contribution in [3.63, 3.8) is 0 Å². The molecule has 0 saturated heterocycles. The van der Waals surface area contributed by atoms with Crippen LogP contribution < -0.4 is 0 Å². The highest BCUT2D eigenvalue weighted by atomic mass is 16.3. The Balaban J connectivity index is 1.08. The van der Waals surface area contributed by atoms with E-state index in [0.717, 1.165) is 72.6 Å². The summed E-state index contributed by atoms with van der Waals surface area (Å²) >= 11 is 0. The summed E-state index contributed by atoms with van der Waals surface area (Å²) < 4.78 is 8.70. The van der Waals surface area contributed by atoms with E-state index in [-0.39, 0.29) is 10.8 Å². The molecule has 0 unspecified atom stereocenters. The molecule has 5 heteroatoms. The van der Waals surface area contributed by atoms with Crippen molar-refractivity contribution in [2.45, 2.75) is 51.4 Å². The lowest BCUT2D eigenvalue weighted by molar-refractivity contribution is 0.332. The van der Waals surface area contributed by atoms with Crippen LogP contribution in [0.3, 0.4) is 0 Å². The summed E-state index contributed by atoms with van der Waals surface area (Å²) in [6.45, 7) is 9.64. The number of fused-ring (bicyclic) bond motifs is 8.